The van der Waals surface area contributed by atoms with Crippen LogP contribution in [0, 0.1) is 0 Å². The summed E-state index contributed by atoms with van der Waals surface area (Å²) >= 11 is 0. The van der Waals surface area contributed by atoms with Crippen molar-refractivity contribution < 1.29 is 9.90 Å². The first-order valence-corrected chi connectivity index (χ1v) is 5.86. The molecule has 1 saturated heterocycles. The second-order valence-corrected chi connectivity index (χ2v) is 4.46. The highest BCUT2D eigenvalue weighted by Crippen LogP contribution is 2.25. The summed E-state index contributed by atoms with van der Waals surface area (Å²) in [5, 5.41) is 18.7. The third-order valence-corrected chi connectivity index (χ3v) is 3.28. The molecule has 7 heteroatoms. The Kier molecular flexibility index (Phi) is 2.67. The number of H-pyrrole nitrogens is 1. The van der Waals surface area contributed by atoms with Gasteiger partial charge in [-0.2, -0.15) is 5.10 Å². The zero-order valence-corrected chi connectivity index (χ0v) is 9.63. The fraction of sp³-hybridized carbons (Fsp3) is 0.455. The number of piperidine rings is 1. The Labute approximate surface area is 103 Å². The minimum absolute atomic E-state index is 0.0895. The zero-order chi connectivity index (χ0) is 12.5. The number of nitrogens with one attached hydrogen (secondary N) is 2. The topological polar surface area (TPSA) is 104 Å². The van der Waals surface area contributed by atoms with E-state index in [-0.39, 0.29) is 5.92 Å². The van der Waals surface area contributed by atoms with Crippen LogP contribution in [-0.2, 0) is 4.79 Å². The summed E-state index contributed by atoms with van der Waals surface area (Å²) in [6.45, 7) is 0.675. The van der Waals surface area contributed by atoms with Crippen molar-refractivity contribution in [1.29, 1.82) is 0 Å². The molecule has 0 amide bonds. The molecule has 0 saturated carbocycles. The molecule has 3 heterocycles. The van der Waals surface area contributed by atoms with Crippen molar-refractivity contribution in [2.45, 2.75) is 24.8 Å². The Bertz CT molecular complexity index is 582. The Hall–Kier alpha value is -2.02. The molecule has 7 nitrogen and oxygen atoms in total. The summed E-state index contributed by atoms with van der Waals surface area (Å²) in [6, 6.07) is -0.507. The molecular formula is C11H13N5O2. The van der Waals surface area contributed by atoms with Gasteiger partial charge in [0.05, 0.1) is 12.4 Å². The van der Waals surface area contributed by atoms with Crippen molar-refractivity contribution >= 4 is 17.0 Å². The normalized spacial score (nSPS) is 24.2. The van der Waals surface area contributed by atoms with E-state index in [9.17, 15) is 4.79 Å². The number of carbonyl (C=O) groups is 1. The molecular weight excluding hydrogens is 234 g/mol. The second-order valence-electron chi connectivity index (χ2n) is 4.46. The number of carboxylic acid groups (broad SMARTS) is 1. The van der Waals surface area contributed by atoms with Gasteiger partial charge in [-0.25, -0.2) is 9.97 Å². The van der Waals surface area contributed by atoms with Crippen LogP contribution < -0.4 is 5.32 Å². The van der Waals surface area contributed by atoms with Crippen LogP contribution in [0.3, 0.4) is 0 Å². The van der Waals surface area contributed by atoms with Crippen molar-refractivity contribution in [2.75, 3.05) is 6.54 Å². The van der Waals surface area contributed by atoms with E-state index in [2.05, 4.69) is 25.5 Å². The Morgan fingerprint density at radius 3 is 3.17 bits per heavy atom. The zero-order valence-electron chi connectivity index (χ0n) is 9.63. The lowest BCUT2D eigenvalue weighted by molar-refractivity contribution is -0.140. The summed E-state index contributed by atoms with van der Waals surface area (Å²) < 4.78 is 0. The molecule has 1 aliphatic heterocycles. The number of rotatable bonds is 2. The lowest BCUT2D eigenvalue weighted by Gasteiger charge is -2.26. The lowest BCUT2D eigenvalue weighted by Crippen LogP contribution is -2.43. The first-order valence-electron chi connectivity index (χ1n) is 5.86. The van der Waals surface area contributed by atoms with Crippen LogP contribution in [0.15, 0.2) is 12.4 Å². The number of aliphatic carboxylic acids is 1. The monoisotopic (exact) mass is 247 g/mol. The van der Waals surface area contributed by atoms with E-state index in [4.69, 9.17) is 5.11 Å². The maximum Gasteiger partial charge on any atom is 0.320 e. The van der Waals surface area contributed by atoms with E-state index >= 15 is 0 Å². The predicted molar refractivity (Wildman–Crippen MR) is 63.1 cm³/mol. The van der Waals surface area contributed by atoms with E-state index in [0.29, 0.717) is 18.8 Å². The highest BCUT2D eigenvalue weighted by Gasteiger charge is 2.29. The quantitative estimate of drug-likeness (QED) is 0.704. The van der Waals surface area contributed by atoms with Gasteiger partial charge in [-0.15, -0.1) is 0 Å². The summed E-state index contributed by atoms with van der Waals surface area (Å²) in [4.78, 5) is 19.7. The van der Waals surface area contributed by atoms with Crippen LogP contribution in [0.4, 0.5) is 0 Å². The Morgan fingerprint density at radius 2 is 2.33 bits per heavy atom. The lowest BCUT2D eigenvalue weighted by atomic mass is 9.91. The molecule has 0 radical (unpaired) electrons. The van der Waals surface area contributed by atoms with Crippen molar-refractivity contribution in [2.24, 2.45) is 0 Å². The van der Waals surface area contributed by atoms with Crippen LogP contribution in [-0.4, -0.2) is 43.8 Å². The standard InChI is InChI=1S/C11H13N5O2/c17-11(18)7-3-6(1-2-12-7)10-13-4-9-8(15-10)5-14-16-9/h4-7,12H,1-3H2,(H,14,16)(H,17,18). The van der Waals surface area contributed by atoms with Crippen LogP contribution in [0.1, 0.15) is 24.6 Å². The van der Waals surface area contributed by atoms with Crippen molar-refractivity contribution in [3.05, 3.63) is 18.2 Å². The third kappa shape index (κ3) is 1.92. The fourth-order valence-electron chi connectivity index (χ4n) is 2.29. The minimum Gasteiger partial charge on any atom is -0.480 e. The number of carboxylic acids is 1. The van der Waals surface area contributed by atoms with Gasteiger partial charge in [0, 0.05) is 5.92 Å². The number of hydrogen-bond acceptors (Lipinski definition) is 5. The van der Waals surface area contributed by atoms with Gasteiger partial charge in [-0.05, 0) is 19.4 Å². The molecule has 18 heavy (non-hydrogen) atoms. The van der Waals surface area contributed by atoms with Crippen molar-refractivity contribution in [1.82, 2.24) is 25.5 Å². The predicted octanol–water partition coefficient (Wildman–Crippen LogP) is 0.273. The number of aromatic nitrogens is 4. The van der Waals surface area contributed by atoms with Gasteiger partial charge in [0.1, 0.15) is 22.9 Å². The molecule has 0 aliphatic carbocycles. The molecule has 94 valence electrons. The minimum atomic E-state index is -0.816. The SMILES string of the molecule is O=C(O)C1CC(c2ncc3[nH]ncc3n2)CCN1. The van der Waals surface area contributed by atoms with Crippen LogP contribution in [0.25, 0.3) is 11.0 Å². The first-order chi connectivity index (χ1) is 8.74. The molecule has 0 spiro atoms. The van der Waals surface area contributed by atoms with Crippen molar-refractivity contribution in [3.8, 4) is 0 Å². The van der Waals surface area contributed by atoms with Gasteiger partial charge in [-0.1, -0.05) is 0 Å². The van der Waals surface area contributed by atoms with Gasteiger partial charge in [0.2, 0.25) is 0 Å². The third-order valence-electron chi connectivity index (χ3n) is 3.28. The van der Waals surface area contributed by atoms with Crippen LogP contribution in [0.5, 0.6) is 0 Å². The van der Waals surface area contributed by atoms with E-state index in [1.807, 2.05) is 0 Å². The molecule has 3 N–H and O–H groups in total. The largest absolute Gasteiger partial charge is 0.480 e. The molecule has 0 bridgehead atoms. The maximum absolute atomic E-state index is 11.0. The second kappa shape index (κ2) is 4.34. The number of fused-ring (bicyclic) bond motifs is 1. The van der Waals surface area contributed by atoms with Gasteiger partial charge in [-0.3, -0.25) is 9.89 Å². The first kappa shape index (κ1) is 11.1. The van der Waals surface area contributed by atoms with Crippen LogP contribution in [0.2, 0.25) is 0 Å². The molecule has 1 fully saturated rings. The average Bonchev–Trinajstić information content (AvgIpc) is 2.86. The summed E-state index contributed by atoms with van der Waals surface area (Å²) in [6.07, 6.45) is 4.73. The smallest absolute Gasteiger partial charge is 0.320 e. The molecule has 2 aromatic heterocycles. The molecule has 2 unspecified atom stereocenters. The van der Waals surface area contributed by atoms with Crippen molar-refractivity contribution in [3.63, 3.8) is 0 Å². The number of nitrogens with zero attached hydrogens (tertiary/aromatic N) is 3. The van der Waals surface area contributed by atoms with Gasteiger partial charge < -0.3 is 10.4 Å². The van der Waals surface area contributed by atoms with Crippen LogP contribution >= 0.6 is 0 Å². The summed E-state index contributed by atoms with van der Waals surface area (Å²) in [5.74, 6) is -0.0209. The highest BCUT2D eigenvalue weighted by molar-refractivity contribution is 5.74. The average molecular weight is 247 g/mol. The summed E-state index contributed by atoms with van der Waals surface area (Å²) in [7, 11) is 0. The highest BCUT2D eigenvalue weighted by atomic mass is 16.4. The van der Waals surface area contributed by atoms with E-state index in [1.165, 1.54) is 0 Å². The van der Waals surface area contributed by atoms with E-state index < -0.39 is 12.0 Å². The molecule has 3 rings (SSSR count). The number of hydrogen-bond donors (Lipinski definition) is 3. The Balaban J connectivity index is 1.86. The van der Waals surface area contributed by atoms with E-state index in [1.54, 1.807) is 12.4 Å². The fourth-order valence-corrected chi connectivity index (χ4v) is 2.29. The maximum atomic E-state index is 11.0. The molecule has 1 aliphatic rings. The number of aromatic amines is 1. The Morgan fingerprint density at radius 1 is 1.44 bits per heavy atom. The van der Waals surface area contributed by atoms with E-state index in [0.717, 1.165) is 17.5 Å². The molecule has 2 aromatic rings. The summed E-state index contributed by atoms with van der Waals surface area (Å²) in [5.41, 5.74) is 1.56. The van der Waals surface area contributed by atoms with Gasteiger partial charge >= 0.3 is 5.97 Å². The van der Waals surface area contributed by atoms with Gasteiger partial charge in [0.25, 0.3) is 0 Å². The molecule has 2 atom stereocenters. The molecule has 0 aromatic carbocycles. The van der Waals surface area contributed by atoms with Gasteiger partial charge in [0.15, 0.2) is 0 Å².